The van der Waals surface area contributed by atoms with E-state index >= 15 is 0 Å². The second-order valence-corrected chi connectivity index (χ2v) is 3.96. The maximum Gasteiger partial charge on any atom is 0.254 e. The van der Waals surface area contributed by atoms with Crippen LogP contribution in [0.1, 0.15) is 22.3 Å². The molecule has 1 amide bonds. The number of nitrogens with zero attached hydrogens (tertiary/aromatic N) is 1. The Hall–Kier alpha value is -1.83. The van der Waals surface area contributed by atoms with Crippen LogP contribution in [0.15, 0.2) is 43.0 Å². The molecule has 2 heteroatoms. The molecule has 1 aromatic carbocycles. The molecule has 82 valence electrons. The molecule has 0 bridgehead atoms. The van der Waals surface area contributed by atoms with Crippen LogP contribution in [0, 0.1) is 0 Å². The van der Waals surface area contributed by atoms with Crippen LogP contribution in [0.4, 0.5) is 0 Å². The Morgan fingerprint density at radius 3 is 2.75 bits per heavy atom. The molecular formula is C14H15NO. The first-order chi connectivity index (χ1) is 7.74. The predicted molar refractivity (Wildman–Crippen MR) is 66.2 cm³/mol. The minimum Gasteiger partial charge on any atom is -0.337 e. The highest BCUT2D eigenvalue weighted by Crippen LogP contribution is 2.26. The zero-order chi connectivity index (χ0) is 11.5. The van der Waals surface area contributed by atoms with Crippen molar-refractivity contribution in [3.05, 3.63) is 54.1 Å². The number of hydrogen-bond acceptors (Lipinski definition) is 1. The van der Waals surface area contributed by atoms with Gasteiger partial charge in [0.2, 0.25) is 0 Å². The van der Waals surface area contributed by atoms with Gasteiger partial charge in [0.1, 0.15) is 0 Å². The summed E-state index contributed by atoms with van der Waals surface area (Å²) in [6.45, 7) is 4.39. The van der Waals surface area contributed by atoms with Crippen molar-refractivity contribution in [3.63, 3.8) is 0 Å². The summed E-state index contributed by atoms with van der Waals surface area (Å²) in [6, 6.07) is 7.77. The van der Waals surface area contributed by atoms with Crippen molar-refractivity contribution < 1.29 is 4.79 Å². The lowest BCUT2D eigenvalue weighted by Crippen LogP contribution is -2.33. The lowest BCUT2D eigenvalue weighted by molar-refractivity contribution is 0.0805. The van der Waals surface area contributed by atoms with E-state index in [9.17, 15) is 4.79 Å². The van der Waals surface area contributed by atoms with Crippen LogP contribution < -0.4 is 0 Å². The standard InChI is InChI=1S/C14H15NO/c1-3-4-7-11-10-15(2)14(16)13-9-6-5-8-12(11)13/h3,5-9H,1,4,10H2,2H3/b11-7-. The lowest BCUT2D eigenvalue weighted by Gasteiger charge is -2.27. The van der Waals surface area contributed by atoms with Crippen molar-refractivity contribution in [2.45, 2.75) is 6.42 Å². The van der Waals surface area contributed by atoms with Crippen molar-refractivity contribution in [3.8, 4) is 0 Å². The van der Waals surface area contributed by atoms with Gasteiger partial charge < -0.3 is 4.90 Å². The summed E-state index contributed by atoms with van der Waals surface area (Å²) >= 11 is 0. The summed E-state index contributed by atoms with van der Waals surface area (Å²) in [5.74, 6) is 0.103. The lowest BCUT2D eigenvalue weighted by atomic mass is 9.94. The monoisotopic (exact) mass is 213 g/mol. The number of rotatable bonds is 2. The van der Waals surface area contributed by atoms with E-state index in [-0.39, 0.29) is 5.91 Å². The summed E-state index contributed by atoms with van der Waals surface area (Å²) < 4.78 is 0. The Kier molecular flexibility index (Phi) is 2.91. The van der Waals surface area contributed by atoms with Gasteiger partial charge in [-0.25, -0.2) is 0 Å². The minimum atomic E-state index is 0.103. The number of likely N-dealkylation sites (N-methyl/N-ethyl adjacent to an activating group) is 1. The molecule has 0 spiro atoms. The summed E-state index contributed by atoms with van der Waals surface area (Å²) in [6.07, 6.45) is 4.84. The first kappa shape index (κ1) is 10.7. The molecule has 0 aliphatic carbocycles. The van der Waals surface area contributed by atoms with Crippen molar-refractivity contribution in [2.24, 2.45) is 0 Å². The predicted octanol–water partition coefficient (Wildman–Crippen LogP) is 2.73. The van der Waals surface area contributed by atoms with E-state index < -0.39 is 0 Å². The topological polar surface area (TPSA) is 20.3 Å². The molecule has 0 saturated carbocycles. The first-order valence-corrected chi connectivity index (χ1v) is 5.39. The van der Waals surface area contributed by atoms with Gasteiger partial charge in [-0.1, -0.05) is 30.4 Å². The van der Waals surface area contributed by atoms with Gasteiger partial charge in [0.05, 0.1) is 0 Å². The van der Waals surface area contributed by atoms with Gasteiger partial charge in [-0.3, -0.25) is 4.79 Å². The van der Waals surface area contributed by atoms with E-state index in [0.717, 1.165) is 17.5 Å². The molecular weight excluding hydrogens is 198 g/mol. The van der Waals surface area contributed by atoms with Gasteiger partial charge >= 0.3 is 0 Å². The summed E-state index contributed by atoms with van der Waals surface area (Å²) in [4.78, 5) is 13.7. The largest absolute Gasteiger partial charge is 0.337 e. The van der Waals surface area contributed by atoms with E-state index in [1.54, 1.807) is 4.90 Å². The highest BCUT2D eigenvalue weighted by Gasteiger charge is 2.23. The van der Waals surface area contributed by atoms with Gasteiger partial charge in [-0.05, 0) is 23.6 Å². The molecule has 0 atom stereocenters. The highest BCUT2D eigenvalue weighted by molar-refractivity contribution is 6.02. The first-order valence-electron chi connectivity index (χ1n) is 5.39. The van der Waals surface area contributed by atoms with Crippen LogP contribution >= 0.6 is 0 Å². The smallest absolute Gasteiger partial charge is 0.254 e. The van der Waals surface area contributed by atoms with E-state index in [1.807, 2.05) is 37.4 Å². The average Bonchev–Trinajstić information content (AvgIpc) is 2.32. The molecule has 0 aromatic heterocycles. The molecule has 1 aliphatic rings. The van der Waals surface area contributed by atoms with Gasteiger partial charge in [0, 0.05) is 19.2 Å². The number of hydrogen-bond donors (Lipinski definition) is 0. The summed E-state index contributed by atoms with van der Waals surface area (Å²) in [5, 5.41) is 0. The fourth-order valence-electron chi connectivity index (χ4n) is 1.97. The van der Waals surface area contributed by atoms with Crippen LogP contribution in [0.5, 0.6) is 0 Å². The second-order valence-electron chi connectivity index (χ2n) is 3.96. The van der Waals surface area contributed by atoms with Gasteiger partial charge in [-0.15, -0.1) is 6.58 Å². The number of carbonyl (C=O) groups is 1. The number of carbonyl (C=O) groups excluding carboxylic acids is 1. The minimum absolute atomic E-state index is 0.103. The second kappa shape index (κ2) is 4.35. The highest BCUT2D eigenvalue weighted by atomic mass is 16.2. The fraction of sp³-hybridized carbons (Fsp3) is 0.214. The summed E-state index contributed by atoms with van der Waals surface area (Å²) in [7, 11) is 1.83. The number of allylic oxidation sites excluding steroid dienone is 2. The maximum absolute atomic E-state index is 11.9. The van der Waals surface area contributed by atoms with Crippen LogP contribution in [0.3, 0.4) is 0 Å². The van der Waals surface area contributed by atoms with Gasteiger partial charge in [-0.2, -0.15) is 0 Å². The molecule has 16 heavy (non-hydrogen) atoms. The quantitative estimate of drug-likeness (QED) is 0.692. The number of amides is 1. The number of benzene rings is 1. The summed E-state index contributed by atoms with van der Waals surface area (Å²) in [5.41, 5.74) is 3.07. The van der Waals surface area contributed by atoms with E-state index in [2.05, 4.69) is 12.7 Å². The van der Waals surface area contributed by atoms with Crippen LogP contribution in [-0.4, -0.2) is 24.4 Å². The van der Waals surface area contributed by atoms with Crippen LogP contribution in [0.25, 0.3) is 5.57 Å². The maximum atomic E-state index is 11.9. The van der Waals surface area contributed by atoms with Crippen molar-refractivity contribution in [2.75, 3.05) is 13.6 Å². The Balaban J connectivity index is 2.48. The van der Waals surface area contributed by atoms with Crippen molar-refractivity contribution in [1.82, 2.24) is 4.90 Å². The van der Waals surface area contributed by atoms with Crippen molar-refractivity contribution in [1.29, 1.82) is 0 Å². The van der Waals surface area contributed by atoms with Crippen LogP contribution in [0.2, 0.25) is 0 Å². The van der Waals surface area contributed by atoms with E-state index in [0.29, 0.717) is 6.54 Å². The molecule has 0 saturated heterocycles. The molecule has 1 aliphatic heterocycles. The van der Waals surface area contributed by atoms with E-state index in [4.69, 9.17) is 0 Å². The third-order valence-corrected chi connectivity index (χ3v) is 2.79. The fourth-order valence-corrected chi connectivity index (χ4v) is 1.97. The Labute approximate surface area is 95.9 Å². The molecule has 0 unspecified atom stereocenters. The van der Waals surface area contributed by atoms with Gasteiger partial charge in [0.25, 0.3) is 5.91 Å². The Morgan fingerprint density at radius 2 is 2.06 bits per heavy atom. The van der Waals surface area contributed by atoms with E-state index in [1.165, 1.54) is 5.57 Å². The SMILES string of the molecule is C=CC/C=C1/CN(C)C(=O)c2ccccc21. The zero-order valence-electron chi connectivity index (χ0n) is 9.44. The van der Waals surface area contributed by atoms with Crippen LogP contribution in [-0.2, 0) is 0 Å². The van der Waals surface area contributed by atoms with Crippen molar-refractivity contribution >= 4 is 11.5 Å². The Bertz CT molecular complexity index is 460. The molecule has 1 heterocycles. The zero-order valence-corrected chi connectivity index (χ0v) is 9.44. The van der Waals surface area contributed by atoms with Gasteiger partial charge in [0.15, 0.2) is 0 Å². The molecule has 2 nitrogen and oxygen atoms in total. The number of fused-ring (bicyclic) bond motifs is 1. The molecule has 1 aromatic rings. The molecule has 0 fully saturated rings. The normalized spacial score (nSPS) is 17.4. The molecule has 0 radical (unpaired) electrons. The Morgan fingerprint density at radius 1 is 1.38 bits per heavy atom. The third kappa shape index (κ3) is 1.78. The molecule has 2 rings (SSSR count). The molecule has 0 N–H and O–H groups in total. The third-order valence-electron chi connectivity index (χ3n) is 2.79. The average molecular weight is 213 g/mol.